The van der Waals surface area contributed by atoms with Gasteiger partial charge in [0.1, 0.15) is 0 Å². The lowest BCUT2D eigenvalue weighted by Crippen LogP contribution is -1.95. The minimum absolute atomic E-state index is 0.697. The van der Waals surface area contributed by atoms with Gasteiger partial charge in [-0.15, -0.1) is 0 Å². The Bertz CT molecular complexity index is 462. The van der Waals surface area contributed by atoms with Gasteiger partial charge in [-0.3, -0.25) is 0 Å². The van der Waals surface area contributed by atoms with Crippen LogP contribution in [0, 0.1) is 0 Å². The Hall–Kier alpha value is -0.810. The largest absolute Gasteiger partial charge is 0.437 e. The zero-order valence-corrected chi connectivity index (χ0v) is 11.1. The minimum atomic E-state index is 0.697. The van der Waals surface area contributed by atoms with E-state index in [-0.39, 0.29) is 0 Å². The molecule has 0 aliphatic carbocycles. The minimum Gasteiger partial charge on any atom is -0.437 e. The molecule has 0 bridgehead atoms. The van der Waals surface area contributed by atoms with Crippen LogP contribution in [0.15, 0.2) is 39.4 Å². The highest BCUT2D eigenvalue weighted by molar-refractivity contribution is 9.11. The highest BCUT2D eigenvalue weighted by atomic mass is 79.9. The lowest BCUT2D eigenvalue weighted by atomic mass is 10.3. The van der Waals surface area contributed by atoms with Gasteiger partial charge in [-0.1, -0.05) is 6.07 Å². The van der Waals surface area contributed by atoms with Crippen molar-refractivity contribution in [3.8, 4) is 11.6 Å². The van der Waals surface area contributed by atoms with E-state index in [1.165, 1.54) is 0 Å². The van der Waals surface area contributed by atoms with Crippen LogP contribution in [0.3, 0.4) is 0 Å². The SMILES string of the molecule is Cn1nccc1Oc1c(Br)cccc1Br. The number of benzene rings is 1. The van der Waals surface area contributed by atoms with Gasteiger partial charge in [0.15, 0.2) is 5.75 Å². The van der Waals surface area contributed by atoms with Crippen LogP contribution in [-0.4, -0.2) is 9.78 Å². The average Bonchev–Trinajstić information content (AvgIpc) is 2.58. The molecule has 0 atom stereocenters. The summed E-state index contributed by atoms with van der Waals surface area (Å²) in [6.07, 6.45) is 1.69. The van der Waals surface area contributed by atoms with Crippen molar-refractivity contribution in [2.24, 2.45) is 7.05 Å². The van der Waals surface area contributed by atoms with Crippen LogP contribution in [0.1, 0.15) is 0 Å². The molecule has 3 nitrogen and oxygen atoms in total. The Morgan fingerprint density at radius 3 is 2.40 bits per heavy atom. The van der Waals surface area contributed by atoms with Crippen molar-refractivity contribution < 1.29 is 4.74 Å². The molecule has 0 saturated carbocycles. The summed E-state index contributed by atoms with van der Waals surface area (Å²) >= 11 is 6.87. The average molecular weight is 332 g/mol. The van der Waals surface area contributed by atoms with Gasteiger partial charge in [-0.2, -0.15) is 5.10 Å². The molecule has 0 fully saturated rings. The second-order valence-corrected chi connectivity index (χ2v) is 4.65. The fraction of sp³-hybridized carbons (Fsp3) is 0.100. The fourth-order valence-electron chi connectivity index (χ4n) is 1.15. The summed E-state index contributed by atoms with van der Waals surface area (Å²) in [5.41, 5.74) is 0. The summed E-state index contributed by atoms with van der Waals surface area (Å²) in [5.74, 6) is 1.45. The van der Waals surface area contributed by atoms with E-state index < -0.39 is 0 Å². The molecule has 2 rings (SSSR count). The Morgan fingerprint density at radius 1 is 1.20 bits per heavy atom. The zero-order chi connectivity index (χ0) is 10.8. The first-order chi connectivity index (χ1) is 7.18. The summed E-state index contributed by atoms with van der Waals surface area (Å²) in [6.45, 7) is 0. The number of aromatic nitrogens is 2. The number of ether oxygens (including phenoxy) is 1. The quantitative estimate of drug-likeness (QED) is 0.838. The van der Waals surface area contributed by atoms with E-state index in [2.05, 4.69) is 37.0 Å². The van der Waals surface area contributed by atoms with Gasteiger partial charge >= 0.3 is 0 Å². The molecule has 1 aromatic heterocycles. The van der Waals surface area contributed by atoms with Crippen LogP contribution in [0.2, 0.25) is 0 Å². The first kappa shape index (κ1) is 10.7. The number of para-hydroxylation sites is 1. The highest BCUT2D eigenvalue weighted by Crippen LogP contribution is 2.35. The molecular weight excluding hydrogens is 324 g/mol. The van der Waals surface area contributed by atoms with E-state index in [0.717, 1.165) is 14.7 Å². The summed E-state index contributed by atoms with van der Waals surface area (Å²) in [5, 5.41) is 4.03. The van der Waals surface area contributed by atoms with E-state index in [1.807, 2.05) is 31.3 Å². The van der Waals surface area contributed by atoms with Crippen LogP contribution in [0.4, 0.5) is 0 Å². The molecule has 0 N–H and O–H groups in total. The normalized spacial score (nSPS) is 10.3. The van der Waals surface area contributed by atoms with E-state index in [4.69, 9.17) is 4.74 Å². The Balaban J connectivity index is 2.36. The predicted octanol–water partition coefficient (Wildman–Crippen LogP) is 3.74. The Kier molecular flexibility index (Phi) is 3.11. The third-order valence-corrected chi connectivity index (χ3v) is 3.15. The van der Waals surface area contributed by atoms with Crippen LogP contribution in [-0.2, 0) is 7.05 Å². The third kappa shape index (κ3) is 2.23. The maximum absolute atomic E-state index is 5.72. The fourth-order valence-corrected chi connectivity index (χ4v) is 2.31. The maximum atomic E-state index is 5.72. The van der Waals surface area contributed by atoms with Crippen LogP contribution >= 0.6 is 31.9 Å². The Morgan fingerprint density at radius 2 is 1.87 bits per heavy atom. The van der Waals surface area contributed by atoms with Gasteiger partial charge in [-0.25, -0.2) is 4.68 Å². The summed E-state index contributed by atoms with van der Waals surface area (Å²) in [6, 6.07) is 7.60. The number of hydrogen-bond donors (Lipinski definition) is 0. The zero-order valence-electron chi connectivity index (χ0n) is 7.95. The molecule has 1 heterocycles. The van der Waals surface area contributed by atoms with Gasteiger partial charge in [0.2, 0.25) is 5.88 Å². The van der Waals surface area contributed by atoms with Crippen molar-refractivity contribution in [1.29, 1.82) is 0 Å². The van der Waals surface area contributed by atoms with Crippen LogP contribution in [0.25, 0.3) is 0 Å². The number of nitrogens with zero attached hydrogens (tertiary/aromatic N) is 2. The first-order valence-electron chi connectivity index (χ1n) is 4.28. The third-order valence-electron chi connectivity index (χ3n) is 1.90. The van der Waals surface area contributed by atoms with Crippen LogP contribution < -0.4 is 4.74 Å². The topological polar surface area (TPSA) is 27.1 Å². The maximum Gasteiger partial charge on any atom is 0.217 e. The molecule has 0 spiro atoms. The van der Waals surface area contributed by atoms with Crippen molar-refractivity contribution in [1.82, 2.24) is 9.78 Å². The molecule has 0 aliphatic heterocycles. The smallest absolute Gasteiger partial charge is 0.217 e. The lowest BCUT2D eigenvalue weighted by molar-refractivity contribution is 0.426. The molecule has 78 valence electrons. The molecule has 0 radical (unpaired) electrons. The summed E-state index contributed by atoms with van der Waals surface area (Å²) < 4.78 is 9.19. The number of aryl methyl sites for hydroxylation is 1. The van der Waals surface area contributed by atoms with Crippen LogP contribution in [0.5, 0.6) is 11.6 Å². The first-order valence-corrected chi connectivity index (χ1v) is 5.87. The summed E-state index contributed by atoms with van der Waals surface area (Å²) in [4.78, 5) is 0. The van der Waals surface area contributed by atoms with Crippen molar-refractivity contribution in [3.63, 3.8) is 0 Å². The van der Waals surface area contributed by atoms with E-state index >= 15 is 0 Å². The van der Waals surface area contributed by atoms with Crippen molar-refractivity contribution in [2.75, 3.05) is 0 Å². The lowest BCUT2D eigenvalue weighted by Gasteiger charge is -2.08. The molecule has 5 heteroatoms. The van der Waals surface area contributed by atoms with E-state index in [0.29, 0.717) is 5.88 Å². The van der Waals surface area contributed by atoms with Crippen molar-refractivity contribution in [3.05, 3.63) is 39.4 Å². The van der Waals surface area contributed by atoms with Crippen molar-refractivity contribution in [2.45, 2.75) is 0 Å². The van der Waals surface area contributed by atoms with E-state index in [1.54, 1.807) is 10.9 Å². The molecule has 0 aliphatic rings. The van der Waals surface area contributed by atoms with Gasteiger partial charge in [0.25, 0.3) is 0 Å². The monoisotopic (exact) mass is 330 g/mol. The number of halogens is 2. The van der Waals surface area contributed by atoms with Crippen molar-refractivity contribution >= 4 is 31.9 Å². The van der Waals surface area contributed by atoms with Gasteiger partial charge in [0.05, 0.1) is 15.1 Å². The molecule has 15 heavy (non-hydrogen) atoms. The predicted molar refractivity (Wildman–Crippen MR) is 65.1 cm³/mol. The van der Waals surface area contributed by atoms with Gasteiger partial charge < -0.3 is 4.74 Å². The number of hydrogen-bond acceptors (Lipinski definition) is 2. The van der Waals surface area contributed by atoms with Gasteiger partial charge in [-0.05, 0) is 44.0 Å². The van der Waals surface area contributed by atoms with Gasteiger partial charge in [0, 0.05) is 13.1 Å². The highest BCUT2D eigenvalue weighted by Gasteiger charge is 2.08. The second-order valence-electron chi connectivity index (χ2n) is 2.95. The molecule has 0 saturated heterocycles. The summed E-state index contributed by atoms with van der Waals surface area (Å²) in [7, 11) is 1.83. The molecule has 0 amide bonds. The number of rotatable bonds is 2. The molecule has 2 aromatic rings. The molecular formula is C10H8Br2N2O. The standard InChI is InChI=1S/C10H8Br2N2O/c1-14-9(5-6-13-14)15-10-7(11)3-2-4-8(10)12/h2-6H,1H3. The second kappa shape index (κ2) is 4.37. The van der Waals surface area contributed by atoms with E-state index in [9.17, 15) is 0 Å². The molecule has 1 aromatic carbocycles. The Labute approximate surface area is 104 Å². The molecule has 0 unspecified atom stereocenters.